The topological polar surface area (TPSA) is 86.8 Å². The number of carbonyl (C=O) groups excluding carboxylic acids is 1. The van der Waals surface area contributed by atoms with Crippen LogP contribution in [-0.2, 0) is 6.18 Å². The van der Waals surface area contributed by atoms with E-state index in [-0.39, 0.29) is 11.4 Å². The molecule has 0 unspecified atom stereocenters. The number of rotatable bonds is 4. The molecule has 34 heavy (non-hydrogen) atoms. The van der Waals surface area contributed by atoms with Crippen LogP contribution in [0.4, 0.5) is 24.5 Å². The molecule has 1 fully saturated rings. The van der Waals surface area contributed by atoms with Gasteiger partial charge in [0.25, 0.3) is 5.91 Å². The van der Waals surface area contributed by atoms with Crippen molar-refractivity contribution in [2.75, 3.05) is 23.3 Å². The van der Waals surface area contributed by atoms with Crippen molar-refractivity contribution in [3.8, 4) is 11.1 Å². The van der Waals surface area contributed by atoms with Gasteiger partial charge in [-0.2, -0.15) is 18.3 Å². The quantitative estimate of drug-likeness (QED) is 0.427. The van der Waals surface area contributed by atoms with Gasteiger partial charge in [-0.25, -0.2) is 0 Å². The normalized spacial score (nSPS) is 14.4. The number of benzene rings is 1. The molecule has 1 aromatic carbocycles. The van der Waals surface area contributed by atoms with Gasteiger partial charge in [0, 0.05) is 42.1 Å². The number of anilines is 2. The van der Waals surface area contributed by atoms with E-state index in [1.165, 1.54) is 12.5 Å². The Labute approximate surface area is 193 Å². The predicted octanol–water partition coefficient (Wildman–Crippen LogP) is 5.28. The first-order valence-electron chi connectivity index (χ1n) is 10.9. The van der Waals surface area contributed by atoms with Gasteiger partial charge in [0.15, 0.2) is 5.69 Å². The minimum Gasteiger partial charge on any atom is -0.370 e. The summed E-state index contributed by atoms with van der Waals surface area (Å²) >= 11 is 0. The molecule has 4 heterocycles. The summed E-state index contributed by atoms with van der Waals surface area (Å²) in [6.07, 6.45) is 3.57. The lowest BCUT2D eigenvalue weighted by molar-refractivity contribution is -0.141. The Bertz CT molecular complexity index is 1340. The van der Waals surface area contributed by atoms with Crippen LogP contribution in [0, 0.1) is 0 Å². The maximum Gasteiger partial charge on any atom is 0.433 e. The van der Waals surface area contributed by atoms with Gasteiger partial charge in [-0.3, -0.25) is 19.9 Å². The fourth-order valence-corrected chi connectivity index (χ4v) is 4.13. The first kappa shape index (κ1) is 21.9. The van der Waals surface area contributed by atoms with Crippen LogP contribution < -0.4 is 10.2 Å². The standard InChI is InChI=1S/C24H21F3N6O/c25-24(26,27)21-12-17(6-7-29-21)30-23(34)22-19-11-15(4-5-20(19)31-32-22)16-10-18(14-28-13-16)33-8-2-1-3-9-33/h4-7,10-14H,1-3,8-9H2,(H,31,32)(H,29,30,34). The largest absolute Gasteiger partial charge is 0.433 e. The van der Waals surface area contributed by atoms with Crippen LogP contribution in [-0.4, -0.2) is 39.2 Å². The van der Waals surface area contributed by atoms with Crippen LogP contribution in [0.25, 0.3) is 22.0 Å². The van der Waals surface area contributed by atoms with Gasteiger partial charge >= 0.3 is 6.18 Å². The molecule has 0 radical (unpaired) electrons. The van der Waals surface area contributed by atoms with E-state index in [1.54, 1.807) is 6.20 Å². The second-order valence-corrected chi connectivity index (χ2v) is 8.19. The number of halogens is 3. The first-order chi connectivity index (χ1) is 16.4. The van der Waals surface area contributed by atoms with E-state index in [4.69, 9.17) is 0 Å². The van der Waals surface area contributed by atoms with Crippen LogP contribution in [0.2, 0.25) is 0 Å². The lowest BCUT2D eigenvalue weighted by Crippen LogP contribution is -2.29. The zero-order valence-electron chi connectivity index (χ0n) is 18.1. The molecule has 4 aromatic rings. The molecule has 0 saturated carbocycles. The van der Waals surface area contributed by atoms with Crippen LogP contribution in [0.3, 0.4) is 0 Å². The van der Waals surface area contributed by atoms with E-state index < -0.39 is 17.8 Å². The summed E-state index contributed by atoms with van der Waals surface area (Å²) in [5.41, 5.74) is 2.44. The Morgan fingerprint density at radius 3 is 2.62 bits per heavy atom. The van der Waals surface area contributed by atoms with Crippen molar-refractivity contribution in [1.29, 1.82) is 0 Å². The Morgan fingerprint density at radius 1 is 1.00 bits per heavy atom. The number of alkyl halides is 3. The maximum absolute atomic E-state index is 12.9. The molecule has 1 saturated heterocycles. The van der Waals surface area contributed by atoms with Gasteiger partial charge in [0.2, 0.25) is 0 Å². The van der Waals surface area contributed by atoms with E-state index in [0.29, 0.717) is 10.9 Å². The number of nitrogens with one attached hydrogen (secondary N) is 2. The number of amides is 1. The van der Waals surface area contributed by atoms with Gasteiger partial charge in [-0.1, -0.05) is 6.07 Å². The second kappa shape index (κ2) is 8.77. The van der Waals surface area contributed by atoms with E-state index in [2.05, 4.69) is 36.4 Å². The Hall–Kier alpha value is -3.95. The summed E-state index contributed by atoms with van der Waals surface area (Å²) in [5.74, 6) is -0.622. The third-order valence-corrected chi connectivity index (χ3v) is 5.86. The molecule has 5 rings (SSSR count). The molecule has 174 valence electrons. The summed E-state index contributed by atoms with van der Waals surface area (Å²) < 4.78 is 38.8. The highest BCUT2D eigenvalue weighted by atomic mass is 19.4. The van der Waals surface area contributed by atoms with Crippen molar-refractivity contribution in [3.05, 3.63) is 66.4 Å². The fourth-order valence-electron chi connectivity index (χ4n) is 4.13. The summed E-state index contributed by atoms with van der Waals surface area (Å²) in [5, 5.41) is 9.93. The van der Waals surface area contributed by atoms with Crippen molar-refractivity contribution >= 4 is 28.2 Å². The molecule has 3 aromatic heterocycles. The van der Waals surface area contributed by atoms with Crippen molar-refractivity contribution in [3.63, 3.8) is 0 Å². The molecular weight excluding hydrogens is 445 g/mol. The molecule has 1 aliphatic heterocycles. The molecule has 0 bridgehead atoms. The number of pyridine rings is 2. The number of hydrogen-bond donors (Lipinski definition) is 2. The molecule has 10 heteroatoms. The third-order valence-electron chi connectivity index (χ3n) is 5.86. The zero-order valence-corrected chi connectivity index (χ0v) is 18.1. The lowest BCUT2D eigenvalue weighted by atomic mass is 10.0. The molecule has 2 N–H and O–H groups in total. The highest BCUT2D eigenvalue weighted by Gasteiger charge is 2.32. The molecule has 1 aliphatic rings. The van der Waals surface area contributed by atoms with Gasteiger partial charge in [-0.15, -0.1) is 0 Å². The molecule has 0 atom stereocenters. The minimum absolute atomic E-state index is 0.0157. The molecular formula is C24H21F3N6O. The average Bonchev–Trinajstić information content (AvgIpc) is 3.28. The highest BCUT2D eigenvalue weighted by Crippen LogP contribution is 2.30. The summed E-state index contributed by atoms with van der Waals surface area (Å²) in [7, 11) is 0. The average molecular weight is 466 g/mol. The second-order valence-electron chi connectivity index (χ2n) is 8.19. The molecule has 7 nitrogen and oxygen atoms in total. The third kappa shape index (κ3) is 4.43. The zero-order chi connectivity index (χ0) is 23.7. The van der Waals surface area contributed by atoms with Gasteiger partial charge in [-0.05, 0) is 55.2 Å². The minimum atomic E-state index is -4.61. The van der Waals surface area contributed by atoms with Crippen LogP contribution in [0.1, 0.15) is 35.4 Å². The number of hydrogen-bond acceptors (Lipinski definition) is 5. The number of piperidine rings is 1. The van der Waals surface area contributed by atoms with Crippen LogP contribution in [0.15, 0.2) is 55.0 Å². The number of aromatic amines is 1. The number of carbonyl (C=O) groups is 1. The van der Waals surface area contributed by atoms with Crippen LogP contribution >= 0.6 is 0 Å². The number of aromatic nitrogens is 4. The fraction of sp³-hybridized carbons (Fsp3) is 0.250. The Balaban J connectivity index is 1.43. The predicted molar refractivity (Wildman–Crippen MR) is 123 cm³/mol. The Morgan fingerprint density at radius 2 is 1.82 bits per heavy atom. The molecule has 0 spiro atoms. The van der Waals surface area contributed by atoms with Gasteiger partial charge in [0.1, 0.15) is 5.69 Å². The summed E-state index contributed by atoms with van der Waals surface area (Å²) in [6, 6.07) is 9.72. The van der Waals surface area contributed by atoms with E-state index >= 15 is 0 Å². The van der Waals surface area contributed by atoms with E-state index in [0.717, 1.165) is 55.0 Å². The number of nitrogens with zero attached hydrogens (tertiary/aromatic N) is 4. The summed E-state index contributed by atoms with van der Waals surface area (Å²) in [4.78, 5) is 22.9. The Kier molecular flexibility index (Phi) is 5.64. The first-order valence-corrected chi connectivity index (χ1v) is 10.9. The van der Waals surface area contributed by atoms with E-state index in [1.807, 2.05) is 24.4 Å². The number of H-pyrrole nitrogens is 1. The van der Waals surface area contributed by atoms with E-state index in [9.17, 15) is 18.0 Å². The van der Waals surface area contributed by atoms with Gasteiger partial charge < -0.3 is 10.2 Å². The number of fused-ring (bicyclic) bond motifs is 1. The smallest absolute Gasteiger partial charge is 0.370 e. The van der Waals surface area contributed by atoms with Gasteiger partial charge in [0.05, 0.1) is 17.4 Å². The summed E-state index contributed by atoms with van der Waals surface area (Å²) in [6.45, 7) is 2.00. The van der Waals surface area contributed by atoms with Crippen molar-refractivity contribution in [1.82, 2.24) is 20.2 Å². The molecule has 1 amide bonds. The highest BCUT2D eigenvalue weighted by molar-refractivity contribution is 6.11. The maximum atomic E-state index is 12.9. The molecule has 0 aliphatic carbocycles. The van der Waals surface area contributed by atoms with Crippen molar-refractivity contribution in [2.24, 2.45) is 0 Å². The van der Waals surface area contributed by atoms with Crippen LogP contribution in [0.5, 0.6) is 0 Å². The van der Waals surface area contributed by atoms with Crippen molar-refractivity contribution < 1.29 is 18.0 Å². The van der Waals surface area contributed by atoms with Crippen molar-refractivity contribution in [2.45, 2.75) is 25.4 Å². The lowest BCUT2D eigenvalue weighted by Gasteiger charge is -2.28. The monoisotopic (exact) mass is 466 g/mol. The SMILES string of the molecule is O=C(Nc1ccnc(C(F)(F)F)c1)c1n[nH]c2ccc(-c3cncc(N4CCCCC4)c3)cc12.